The van der Waals surface area contributed by atoms with Crippen LogP contribution in [-0.2, 0) is 4.79 Å². The van der Waals surface area contributed by atoms with Crippen LogP contribution in [0.4, 0.5) is 27.6 Å². The lowest BCUT2D eigenvalue weighted by molar-refractivity contribution is -0.267. The van der Waals surface area contributed by atoms with Gasteiger partial charge in [-0.1, -0.05) is 6.07 Å². The average molecular weight is 297 g/mol. The smallest absolute Gasteiger partial charge is 0.463 e. The molecule has 1 amide bonds. The topological polar surface area (TPSA) is 66.4 Å². The summed E-state index contributed by atoms with van der Waals surface area (Å²) in [6.45, 7) is 1.17. The number of benzene rings is 1. The van der Waals surface area contributed by atoms with Crippen molar-refractivity contribution in [3.63, 3.8) is 0 Å². The van der Waals surface area contributed by atoms with Crippen LogP contribution in [0.2, 0.25) is 0 Å². The van der Waals surface area contributed by atoms with Gasteiger partial charge in [0.1, 0.15) is 0 Å². The lowest BCUT2D eigenvalue weighted by Crippen LogP contribution is -2.47. The minimum atomic E-state index is -6.03. The summed E-state index contributed by atoms with van der Waals surface area (Å²) in [5.74, 6) is -9.55. The first-order valence-corrected chi connectivity index (χ1v) is 5.07. The summed E-state index contributed by atoms with van der Waals surface area (Å²) in [6, 6.07) is 3.25. The van der Waals surface area contributed by atoms with E-state index in [1.54, 1.807) is 0 Å². The van der Waals surface area contributed by atoms with Crippen molar-refractivity contribution in [1.29, 1.82) is 0 Å². The van der Waals surface area contributed by atoms with Crippen molar-refractivity contribution in [2.45, 2.75) is 19.0 Å². The van der Waals surface area contributed by atoms with E-state index in [0.29, 0.717) is 0 Å². The summed E-state index contributed by atoms with van der Waals surface area (Å²) in [4.78, 5) is 21.8. The highest BCUT2D eigenvalue weighted by molar-refractivity contribution is 5.99. The maximum absolute atomic E-state index is 12.7. The van der Waals surface area contributed by atoms with E-state index in [2.05, 4.69) is 0 Å². The van der Waals surface area contributed by atoms with E-state index in [4.69, 9.17) is 5.11 Å². The predicted molar refractivity (Wildman–Crippen MR) is 57.8 cm³/mol. The fourth-order valence-corrected chi connectivity index (χ4v) is 1.33. The van der Waals surface area contributed by atoms with Crippen molar-refractivity contribution >= 4 is 17.6 Å². The van der Waals surface area contributed by atoms with Crippen LogP contribution in [0.5, 0.6) is 0 Å². The largest absolute Gasteiger partial charge is 0.478 e. The molecule has 0 bridgehead atoms. The van der Waals surface area contributed by atoms with E-state index in [9.17, 15) is 31.5 Å². The highest BCUT2D eigenvalue weighted by Gasteiger charge is 2.63. The van der Waals surface area contributed by atoms with E-state index >= 15 is 0 Å². The van der Waals surface area contributed by atoms with E-state index in [1.165, 1.54) is 12.2 Å². The maximum Gasteiger partial charge on any atom is 0.463 e. The van der Waals surface area contributed by atoms with Gasteiger partial charge in [0.15, 0.2) is 0 Å². The predicted octanol–water partition coefficient (Wildman–Crippen LogP) is 2.83. The molecule has 4 nitrogen and oxygen atoms in total. The Morgan fingerprint density at radius 2 is 1.70 bits per heavy atom. The highest BCUT2D eigenvalue weighted by atomic mass is 19.4. The van der Waals surface area contributed by atoms with Crippen LogP contribution in [0.15, 0.2) is 18.2 Å². The molecule has 0 unspecified atom stereocenters. The van der Waals surface area contributed by atoms with Crippen LogP contribution in [0.3, 0.4) is 0 Å². The van der Waals surface area contributed by atoms with Crippen LogP contribution in [0.1, 0.15) is 15.9 Å². The van der Waals surface area contributed by atoms with Gasteiger partial charge in [-0.2, -0.15) is 22.0 Å². The number of hydrogen-bond acceptors (Lipinski definition) is 2. The van der Waals surface area contributed by atoms with Gasteiger partial charge in [-0.15, -0.1) is 0 Å². The fourth-order valence-electron chi connectivity index (χ4n) is 1.33. The quantitative estimate of drug-likeness (QED) is 0.843. The molecule has 1 aromatic rings. The molecular weight excluding hydrogens is 289 g/mol. The SMILES string of the molecule is Cc1c(NC(=O)C(F)(F)C(F)(F)F)cccc1C(=O)O. The van der Waals surface area contributed by atoms with Gasteiger partial charge in [0.25, 0.3) is 0 Å². The molecule has 0 fully saturated rings. The zero-order valence-electron chi connectivity index (χ0n) is 9.89. The van der Waals surface area contributed by atoms with E-state index in [-0.39, 0.29) is 11.1 Å². The second-order valence-corrected chi connectivity index (χ2v) is 3.81. The molecule has 0 heterocycles. The standard InChI is InChI=1S/C11H8F5NO3/c1-5-6(8(18)19)3-2-4-7(5)17-9(20)10(12,13)11(14,15)16/h2-4H,1H3,(H,17,20)(H,18,19). The molecule has 0 radical (unpaired) electrons. The molecule has 9 heteroatoms. The summed E-state index contributed by atoms with van der Waals surface area (Å²) < 4.78 is 61.5. The first-order chi connectivity index (χ1) is 8.98. The molecule has 0 atom stereocenters. The second kappa shape index (κ2) is 5.06. The molecule has 0 saturated carbocycles. The van der Waals surface area contributed by atoms with Gasteiger partial charge in [-0.25, -0.2) is 4.79 Å². The Kier molecular flexibility index (Phi) is 4.02. The molecular formula is C11H8F5NO3. The van der Waals surface area contributed by atoms with Crippen LogP contribution >= 0.6 is 0 Å². The minimum Gasteiger partial charge on any atom is -0.478 e. The summed E-state index contributed by atoms with van der Waals surface area (Å²) >= 11 is 0. The van der Waals surface area contributed by atoms with Gasteiger partial charge in [0.05, 0.1) is 5.56 Å². The number of amides is 1. The first kappa shape index (κ1) is 15.9. The molecule has 110 valence electrons. The summed E-state index contributed by atoms with van der Waals surface area (Å²) in [5, 5.41) is 10.2. The van der Waals surface area contributed by atoms with Gasteiger partial charge in [-0.05, 0) is 24.6 Å². The normalized spacial score (nSPS) is 12.1. The number of hydrogen-bond donors (Lipinski definition) is 2. The monoisotopic (exact) mass is 297 g/mol. The van der Waals surface area contributed by atoms with Gasteiger partial charge in [0.2, 0.25) is 0 Å². The summed E-state index contributed by atoms with van der Waals surface area (Å²) in [7, 11) is 0. The third-order valence-corrected chi connectivity index (χ3v) is 2.45. The molecule has 0 aliphatic heterocycles. The molecule has 1 aromatic carbocycles. The lowest BCUT2D eigenvalue weighted by atomic mass is 10.1. The molecule has 20 heavy (non-hydrogen) atoms. The number of carbonyl (C=O) groups excluding carboxylic acids is 1. The van der Waals surface area contributed by atoms with E-state index < -0.39 is 29.7 Å². The first-order valence-electron chi connectivity index (χ1n) is 5.07. The number of carbonyl (C=O) groups is 2. The number of rotatable bonds is 3. The molecule has 0 saturated heterocycles. The number of anilines is 1. The average Bonchev–Trinajstić information content (AvgIpc) is 2.29. The van der Waals surface area contributed by atoms with Crippen molar-refractivity contribution in [1.82, 2.24) is 0 Å². The second-order valence-electron chi connectivity index (χ2n) is 3.81. The Bertz CT molecular complexity index is 553. The highest BCUT2D eigenvalue weighted by Crippen LogP contribution is 2.36. The number of carboxylic acid groups (broad SMARTS) is 1. The number of aromatic carboxylic acids is 1. The third-order valence-electron chi connectivity index (χ3n) is 2.45. The molecule has 0 spiro atoms. The maximum atomic E-state index is 12.7. The summed E-state index contributed by atoms with van der Waals surface area (Å²) in [6.07, 6.45) is -6.03. The fraction of sp³-hybridized carbons (Fsp3) is 0.273. The Morgan fingerprint density at radius 1 is 1.15 bits per heavy atom. The van der Waals surface area contributed by atoms with Gasteiger partial charge in [0, 0.05) is 5.69 Å². The number of halogens is 5. The Morgan fingerprint density at radius 3 is 2.15 bits per heavy atom. The van der Waals surface area contributed by atoms with Crippen molar-refractivity contribution in [3.8, 4) is 0 Å². The van der Waals surface area contributed by atoms with Crippen molar-refractivity contribution < 1.29 is 36.6 Å². The van der Waals surface area contributed by atoms with Gasteiger partial charge in [-0.3, -0.25) is 4.79 Å². The zero-order chi connectivity index (χ0) is 15.7. The molecule has 2 N–H and O–H groups in total. The lowest BCUT2D eigenvalue weighted by Gasteiger charge is -2.19. The van der Waals surface area contributed by atoms with Crippen LogP contribution in [0.25, 0.3) is 0 Å². The minimum absolute atomic E-state index is 0.133. The van der Waals surface area contributed by atoms with Gasteiger partial charge >= 0.3 is 24.0 Å². The third kappa shape index (κ3) is 2.86. The number of alkyl halides is 5. The van der Waals surface area contributed by atoms with Crippen LogP contribution in [-0.4, -0.2) is 29.1 Å². The molecule has 0 aliphatic rings. The number of nitrogens with one attached hydrogen (secondary N) is 1. The van der Waals surface area contributed by atoms with Crippen LogP contribution < -0.4 is 5.32 Å². The Hall–Kier alpha value is -2.19. The van der Waals surface area contributed by atoms with Crippen molar-refractivity contribution in [3.05, 3.63) is 29.3 Å². The zero-order valence-corrected chi connectivity index (χ0v) is 9.89. The van der Waals surface area contributed by atoms with Crippen molar-refractivity contribution in [2.24, 2.45) is 0 Å². The van der Waals surface area contributed by atoms with E-state index in [1.807, 2.05) is 0 Å². The molecule has 0 aromatic heterocycles. The molecule has 0 aliphatic carbocycles. The molecule has 1 rings (SSSR count). The van der Waals surface area contributed by atoms with Crippen molar-refractivity contribution in [2.75, 3.05) is 5.32 Å². The van der Waals surface area contributed by atoms with Gasteiger partial charge < -0.3 is 10.4 Å². The Labute approximate surface area is 109 Å². The number of carboxylic acids is 1. The van der Waals surface area contributed by atoms with E-state index in [0.717, 1.165) is 18.2 Å². The van der Waals surface area contributed by atoms with Crippen LogP contribution in [0, 0.1) is 6.92 Å². The summed E-state index contributed by atoms with van der Waals surface area (Å²) in [5.41, 5.74) is -0.886. The Balaban J connectivity index is 3.10.